The Labute approximate surface area is 110 Å². The fraction of sp³-hybridized carbons (Fsp3) is 0. The predicted octanol–water partition coefficient (Wildman–Crippen LogP) is 3.78. The number of nitrogens with zero attached hydrogens (tertiary/aromatic N) is 2. The second-order valence-electron chi connectivity index (χ2n) is 4.53. The van der Waals surface area contributed by atoms with Crippen molar-refractivity contribution in [2.75, 3.05) is 0 Å². The molecule has 0 saturated carbocycles. The molecule has 0 unspecified atom stereocenters. The van der Waals surface area contributed by atoms with Crippen molar-refractivity contribution in [3.8, 4) is 11.3 Å². The minimum absolute atomic E-state index is 0.949. The molecule has 0 saturated heterocycles. The summed E-state index contributed by atoms with van der Waals surface area (Å²) in [5.41, 5.74) is 4.19. The molecule has 0 aliphatic carbocycles. The number of aromatic amines is 1. The molecule has 90 valence electrons. The van der Waals surface area contributed by atoms with E-state index in [2.05, 4.69) is 39.2 Å². The molecule has 1 N–H and O–H groups in total. The van der Waals surface area contributed by atoms with E-state index in [1.165, 1.54) is 10.8 Å². The highest BCUT2D eigenvalue weighted by Crippen LogP contribution is 2.27. The van der Waals surface area contributed by atoms with Gasteiger partial charge in [-0.1, -0.05) is 18.2 Å². The smallest absolute Gasteiger partial charge is 0.0725 e. The Kier molecular flexibility index (Phi) is 2.12. The van der Waals surface area contributed by atoms with Gasteiger partial charge in [-0.25, -0.2) is 0 Å². The maximum absolute atomic E-state index is 4.50. The Morgan fingerprint density at radius 3 is 2.68 bits per heavy atom. The SMILES string of the molecule is c1cncc(-c2cc3c(cn2)[nH]c2ccccc23)c1. The second kappa shape index (κ2) is 3.92. The van der Waals surface area contributed by atoms with Crippen LogP contribution in [0.4, 0.5) is 0 Å². The lowest BCUT2D eigenvalue weighted by molar-refractivity contribution is 1.29. The fourth-order valence-corrected chi connectivity index (χ4v) is 2.42. The van der Waals surface area contributed by atoms with Gasteiger partial charge in [0.15, 0.2) is 0 Å². The molecule has 3 heteroatoms. The molecule has 1 aromatic carbocycles. The molecule has 3 aromatic heterocycles. The van der Waals surface area contributed by atoms with Gasteiger partial charge in [0.25, 0.3) is 0 Å². The maximum atomic E-state index is 4.50. The van der Waals surface area contributed by atoms with E-state index in [0.717, 1.165) is 22.3 Å². The molecule has 0 amide bonds. The topological polar surface area (TPSA) is 41.6 Å². The molecular weight excluding hydrogens is 234 g/mol. The summed E-state index contributed by atoms with van der Waals surface area (Å²) in [5.74, 6) is 0. The van der Waals surface area contributed by atoms with Crippen molar-refractivity contribution in [3.05, 3.63) is 61.1 Å². The van der Waals surface area contributed by atoms with Crippen LogP contribution in [0.2, 0.25) is 0 Å². The average Bonchev–Trinajstić information content (AvgIpc) is 2.86. The van der Waals surface area contributed by atoms with Crippen LogP contribution in [0.5, 0.6) is 0 Å². The van der Waals surface area contributed by atoms with Gasteiger partial charge >= 0.3 is 0 Å². The van der Waals surface area contributed by atoms with Crippen LogP contribution in [0.25, 0.3) is 33.1 Å². The Morgan fingerprint density at radius 1 is 0.842 bits per heavy atom. The molecule has 0 bridgehead atoms. The monoisotopic (exact) mass is 245 g/mol. The molecule has 3 heterocycles. The Hall–Kier alpha value is -2.68. The molecule has 4 rings (SSSR count). The zero-order valence-corrected chi connectivity index (χ0v) is 10.2. The average molecular weight is 245 g/mol. The first-order valence-electron chi connectivity index (χ1n) is 6.19. The van der Waals surface area contributed by atoms with E-state index in [0.29, 0.717) is 0 Å². The molecule has 0 aliphatic heterocycles. The van der Waals surface area contributed by atoms with Gasteiger partial charge in [-0.15, -0.1) is 0 Å². The van der Waals surface area contributed by atoms with Gasteiger partial charge < -0.3 is 4.98 Å². The molecule has 3 nitrogen and oxygen atoms in total. The number of hydrogen-bond donors (Lipinski definition) is 1. The summed E-state index contributed by atoms with van der Waals surface area (Å²) in [4.78, 5) is 12.0. The molecular formula is C16H11N3. The van der Waals surface area contributed by atoms with E-state index in [1.807, 2.05) is 30.6 Å². The van der Waals surface area contributed by atoms with Crippen LogP contribution in [-0.4, -0.2) is 15.0 Å². The van der Waals surface area contributed by atoms with Gasteiger partial charge in [0.05, 0.1) is 17.4 Å². The van der Waals surface area contributed by atoms with Crippen molar-refractivity contribution in [1.29, 1.82) is 0 Å². The van der Waals surface area contributed by atoms with Crippen molar-refractivity contribution in [2.24, 2.45) is 0 Å². The van der Waals surface area contributed by atoms with E-state index in [-0.39, 0.29) is 0 Å². The number of pyridine rings is 2. The molecule has 0 radical (unpaired) electrons. The first kappa shape index (κ1) is 10.3. The number of aromatic nitrogens is 3. The van der Waals surface area contributed by atoms with Crippen molar-refractivity contribution >= 4 is 21.8 Å². The summed E-state index contributed by atoms with van der Waals surface area (Å²) in [6.07, 6.45) is 5.49. The highest BCUT2D eigenvalue weighted by Gasteiger charge is 2.06. The van der Waals surface area contributed by atoms with Gasteiger partial charge in [0.1, 0.15) is 0 Å². The zero-order valence-electron chi connectivity index (χ0n) is 10.2. The predicted molar refractivity (Wildman–Crippen MR) is 76.8 cm³/mol. The summed E-state index contributed by atoms with van der Waals surface area (Å²) in [6, 6.07) is 14.4. The first-order chi connectivity index (χ1) is 9.42. The number of hydrogen-bond acceptors (Lipinski definition) is 2. The number of H-pyrrole nitrogens is 1. The van der Waals surface area contributed by atoms with E-state index in [4.69, 9.17) is 0 Å². The third-order valence-corrected chi connectivity index (χ3v) is 3.35. The van der Waals surface area contributed by atoms with Crippen LogP contribution < -0.4 is 0 Å². The molecule has 0 spiro atoms. The number of nitrogens with one attached hydrogen (secondary N) is 1. The molecule has 0 aliphatic rings. The maximum Gasteiger partial charge on any atom is 0.0725 e. The Balaban J connectivity index is 2.03. The Morgan fingerprint density at radius 2 is 1.79 bits per heavy atom. The number of fused-ring (bicyclic) bond motifs is 3. The van der Waals surface area contributed by atoms with Gasteiger partial charge in [0.2, 0.25) is 0 Å². The largest absolute Gasteiger partial charge is 0.353 e. The molecule has 0 fully saturated rings. The summed E-state index contributed by atoms with van der Waals surface area (Å²) in [5, 5.41) is 2.43. The van der Waals surface area contributed by atoms with E-state index >= 15 is 0 Å². The van der Waals surface area contributed by atoms with Crippen LogP contribution in [0, 0.1) is 0 Å². The highest BCUT2D eigenvalue weighted by atomic mass is 14.8. The lowest BCUT2D eigenvalue weighted by Gasteiger charge is -2.00. The van der Waals surface area contributed by atoms with Crippen molar-refractivity contribution < 1.29 is 0 Å². The van der Waals surface area contributed by atoms with E-state index in [1.54, 1.807) is 6.20 Å². The molecule has 19 heavy (non-hydrogen) atoms. The lowest BCUT2D eigenvalue weighted by Crippen LogP contribution is -1.83. The first-order valence-corrected chi connectivity index (χ1v) is 6.19. The summed E-state index contributed by atoms with van der Waals surface area (Å²) in [7, 11) is 0. The molecule has 0 atom stereocenters. The fourth-order valence-electron chi connectivity index (χ4n) is 2.42. The highest BCUT2D eigenvalue weighted by molar-refractivity contribution is 6.07. The van der Waals surface area contributed by atoms with Crippen LogP contribution in [0.1, 0.15) is 0 Å². The minimum Gasteiger partial charge on any atom is -0.353 e. The second-order valence-corrected chi connectivity index (χ2v) is 4.53. The molecule has 4 aromatic rings. The van der Waals surface area contributed by atoms with Crippen LogP contribution in [0.15, 0.2) is 61.1 Å². The zero-order chi connectivity index (χ0) is 12.7. The number of benzene rings is 1. The van der Waals surface area contributed by atoms with Gasteiger partial charge in [-0.3, -0.25) is 9.97 Å². The van der Waals surface area contributed by atoms with E-state index in [9.17, 15) is 0 Å². The van der Waals surface area contributed by atoms with Crippen molar-refractivity contribution in [2.45, 2.75) is 0 Å². The third-order valence-electron chi connectivity index (χ3n) is 3.35. The number of rotatable bonds is 1. The standard InChI is InChI=1S/C16H11N3/c1-2-6-14-12(5-1)13-8-15(18-10-16(13)19-14)11-4-3-7-17-9-11/h1-10,19H. The normalized spacial score (nSPS) is 11.2. The quantitative estimate of drug-likeness (QED) is 0.554. The van der Waals surface area contributed by atoms with Crippen molar-refractivity contribution in [1.82, 2.24) is 15.0 Å². The Bertz CT molecular complexity index is 863. The minimum atomic E-state index is 0.949. The van der Waals surface area contributed by atoms with E-state index < -0.39 is 0 Å². The van der Waals surface area contributed by atoms with Crippen LogP contribution in [0.3, 0.4) is 0 Å². The van der Waals surface area contributed by atoms with Gasteiger partial charge in [-0.2, -0.15) is 0 Å². The number of para-hydroxylation sites is 1. The van der Waals surface area contributed by atoms with Gasteiger partial charge in [0, 0.05) is 34.2 Å². The third kappa shape index (κ3) is 1.59. The summed E-state index contributed by atoms with van der Waals surface area (Å²) in [6.45, 7) is 0. The van der Waals surface area contributed by atoms with Crippen molar-refractivity contribution in [3.63, 3.8) is 0 Å². The summed E-state index contributed by atoms with van der Waals surface area (Å²) >= 11 is 0. The van der Waals surface area contributed by atoms with Crippen LogP contribution in [-0.2, 0) is 0 Å². The lowest BCUT2D eigenvalue weighted by atomic mass is 10.1. The van der Waals surface area contributed by atoms with Gasteiger partial charge in [-0.05, 0) is 24.3 Å². The summed E-state index contributed by atoms with van der Waals surface area (Å²) < 4.78 is 0. The van der Waals surface area contributed by atoms with Crippen LogP contribution >= 0.6 is 0 Å².